The third-order valence-corrected chi connectivity index (χ3v) is 4.17. The van der Waals surface area contributed by atoms with E-state index >= 15 is 0 Å². The molecule has 5 heteroatoms. The lowest BCUT2D eigenvalue weighted by Gasteiger charge is -2.35. The first-order valence-electron chi connectivity index (χ1n) is 7.61. The minimum atomic E-state index is -0.137. The fourth-order valence-electron chi connectivity index (χ4n) is 2.83. The highest BCUT2D eigenvalue weighted by molar-refractivity contribution is 5.57. The predicted octanol–water partition coefficient (Wildman–Crippen LogP) is 3.77. The molecule has 116 valence electrons. The van der Waals surface area contributed by atoms with Gasteiger partial charge in [0.2, 0.25) is 5.88 Å². The van der Waals surface area contributed by atoms with Gasteiger partial charge in [-0.15, -0.1) is 0 Å². The molecule has 0 radical (unpaired) electrons. The Balaban J connectivity index is 1.36. The molecule has 1 aliphatic carbocycles. The average Bonchev–Trinajstić information content (AvgIpc) is 2.98. The van der Waals surface area contributed by atoms with Gasteiger partial charge in [0.1, 0.15) is 6.10 Å². The molecule has 0 saturated heterocycles. The summed E-state index contributed by atoms with van der Waals surface area (Å²) in [4.78, 5) is 4.29. The molecule has 1 fully saturated rings. The van der Waals surface area contributed by atoms with E-state index in [1.165, 1.54) is 11.6 Å². The van der Waals surface area contributed by atoms with E-state index in [-0.39, 0.29) is 12.0 Å². The van der Waals surface area contributed by atoms with Gasteiger partial charge >= 0.3 is 0 Å². The van der Waals surface area contributed by atoms with E-state index in [1.54, 1.807) is 6.20 Å². The maximum absolute atomic E-state index is 9.20. The molecular weight excluding hydrogens is 292 g/mol. The fraction of sp³-hybridized carbons (Fsp3) is 0.222. The van der Waals surface area contributed by atoms with Crippen molar-refractivity contribution in [2.75, 3.05) is 0 Å². The Morgan fingerprint density at radius 2 is 1.91 bits per heavy atom. The molecule has 4 rings (SSSR count). The minimum absolute atomic E-state index is 0.137. The lowest BCUT2D eigenvalue weighted by atomic mass is 9.77. The monoisotopic (exact) mass is 308 g/mol. The van der Waals surface area contributed by atoms with Crippen LogP contribution < -0.4 is 4.74 Å². The predicted molar refractivity (Wildman–Crippen MR) is 84.2 cm³/mol. The highest BCUT2D eigenvalue weighted by atomic mass is 16.5. The van der Waals surface area contributed by atoms with E-state index in [0.29, 0.717) is 17.6 Å². The molecular formula is C18H16N2O3. The van der Waals surface area contributed by atoms with Crippen LogP contribution in [0.1, 0.15) is 24.3 Å². The minimum Gasteiger partial charge on any atom is -0.491 e. The molecule has 0 spiro atoms. The molecule has 2 heterocycles. The fourth-order valence-corrected chi connectivity index (χ4v) is 2.83. The van der Waals surface area contributed by atoms with Gasteiger partial charge in [-0.05, 0) is 35.5 Å². The SMILES string of the molecule is Oc1cc(-c2ccc(OC3CC(c4ccccc4)C3)nc2)on1. The standard InChI is InChI=1S/C18H16N2O3/c21-17-10-16(23-20-17)13-6-7-18(19-11-13)22-15-8-14(9-15)12-4-2-1-3-5-12/h1-7,10-11,14-15H,8-9H2,(H,20,21). The highest BCUT2D eigenvalue weighted by Gasteiger charge is 2.32. The zero-order valence-corrected chi connectivity index (χ0v) is 12.4. The number of hydrogen-bond acceptors (Lipinski definition) is 5. The van der Waals surface area contributed by atoms with Crippen molar-refractivity contribution in [3.05, 3.63) is 60.3 Å². The Hall–Kier alpha value is -2.82. The van der Waals surface area contributed by atoms with Crippen LogP contribution in [0.2, 0.25) is 0 Å². The second-order valence-electron chi connectivity index (χ2n) is 5.75. The number of ether oxygens (including phenoxy) is 1. The van der Waals surface area contributed by atoms with Gasteiger partial charge in [0.15, 0.2) is 5.76 Å². The smallest absolute Gasteiger partial charge is 0.252 e. The molecule has 2 aromatic heterocycles. The Morgan fingerprint density at radius 3 is 2.57 bits per heavy atom. The Kier molecular flexibility index (Phi) is 3.46. The van der Waals surface area contributed by atoms with E-state index in [4.69, 9.17) is 9.26 Å². The first-order chi connectivity index (χ1) is 11.3. The molecule has 0 bridgehead atoms. The second-order valence-corrected chi connectivity index (χ2v) is 5.75. The van der Waals surface area contributed by atoms with Gasteiger partial charge in [0.05, 0.1) is 0 Å². The number of aromatic nitrogens is 2. The summed E-state index contributed by atoms with van der Waals surface area (Å²) in [6.45, 7) is 0. The molecule has 0 amide bonds. The first kappa shape index (κ1) is 13.8. The summed E-state index contributed by atoms with van der Waals surface area (Å²) < 4.78 is 10.9. The van der Waals surface area contributed by atoms with E-state index in [2.05, 4.69) is 34.4 Å². The third-order valence-electron chi connectivity index (χ3n) is 4.17. The van der Waals surface area contributed by atoms with Crippen molar-refractivity contribution in [1.82, 2.24) is 10.1 Å². The van der Waals surface area contributed by atoms with Crippen LogP contribution >= 0.6 is 0 Å². The van der Waals surface area contributed by atoms with Crippen molar-refractivity contribution in [3.8, 4) is 23.1 Å². The normalized spacial score (nSPS) is 20.0. The van der Waals surface area contributed by atoms with Crippen molar-refractivity contribution in [2.24, 2.45) is 0 Å². The number of hydrogen-bond donors (Lipinski definition) is 1. The van der Waals surface area contributed by atoms with Crippen LogP contribution in [0.5, 0.6) is 11.8 Å². The molecule has 1 saturated carbocycles. The Morgan fingerprint density at radius 1 is 1.09 bits per heavy atom. The quantitative estimate of drug-likeness (QED) is 0.794. The Labute approximate surface area is 133 Å². The van der Waals surface area contributed by atoms with Crippen molar-refractivity contribution >= 4 is 0 Å². The van der Waals surface area contributed by atoms with Gasteiger partial charge in [-0.3, -0.25) is 0 Å². The van der Waals surface area contributed by atoms with Gasteiger partial charge in [-0.2, -0.15) is 0 Å². The third kappa shape index (κ3) is 2.90. The summed E-state index contributed by atoms with van der Waals surface area (Å²) in [6.07, 6.45) is 3.91. The van der Waals surface area contributed by atoms with Crippen LogP contribution in [-0.2, 0) is 0 Å². The molecule has 0 aliphatic heterocycles. The molecule has 3 aromatic rings. The van der Waals surface area contributed by atoms with E-state index in [1.807, 2.05) is 18.2 Å². The van der Waals surface area contributed by atoms with E-state index < -0.39 is 0 Å². The summed E-state index contributed by atoms with van der Waals surface area (Å²) in [6, 6.07) is 15.6. The summed E-state index contributed by atoms with van der Waals surface area (Å²) in [5.41, 5.74) is 2.13. The average molecular weight is 308 g/mol. The zero-order chi connectivity index (χ0) is 15.6. The summed E-state index contributed by atoms with van der Waals surface area (Å²) in [7, 11) is 0. The van der Waals surface area contributed by atoms with Crippen LogP contribution in [0.15, 0.2) is 59.3 Å². The topological polar surface area (TPSA) is 68.4 Å². The van der Waals surface area contributed by atoms with Crippen molar-refractivity contribution < 1.29 is 14.4 Å². The molecule has 1 aliphatic rings. The maximum Gasteiger partial charge on any atom is 0.252 e. The van der Waals surface area contributed by atoms with Gasteiger partial charge in [-0.1, -0.05) is 30.3 Å². The molecule has 0 unspecified atom stereocenters. The maximum atomic E-state index is 9.20. The van der Waals surface area contributed by atoms with Crippen LogP contribution in [-0.4, -0.2) is 21.4 Å². The summed E-state index contributed by atoms with van der Waals surface area (Å²) in [5.74, 6) is 1.53. The number of rotatable bonds is 4. The molecule has 23 heavy (non-hydrogen) atoms. The molecule has 5 nitrogen and oxygen atoms in total. The van der Waals surface area contributed by atoms with Crippen molar-refractivity contribution in [1.29, 1.82) is 0 Å². The van der Waals surface area contributed by atoms with Crippen LogP contribution in [0, 0.1) is 0 Å². The number of benzene rings is 1. The van der Waals surface area contributed by atoms with Crippen LogP contribution in [0.4, 0.5) is 0 Å². The molecule has 0 atom stereocenters. The van der Waals surface area contributed by atoms with Crippen LogP contribution in [0.25, 0.3) is 11.3 Å². The van der Waals surface area contributed by atoms with Gasteiger partial charge in [0, 0.05) is 23.9 Å². The molecule has 1 N–H and O–H groups in total. The number of nitrogens with zero attached hydrogens (tertiary/aromatic N) is 2. The second kappa shape index (κ2) is 5.76. The lowest BCUT2D eigenvalue weighted by Crippen LogP contribution is -2.32. The van der Waals surface area contributed by atoms with Gasteiger partial charge < -0.3 is 14.4 Å². The van der Waals surface area contributed by atoms with Gasteiger partial charge in [-0.25, -0.2) is 4.98 Å². The lowest BCUT2D eigenvalue weighted by molar-refractivity contribution is 0.0936. The number of aromatic hydroxyl groups is 1. The van der Waals surface area contributed by atoms with Gasteiger partial charge in [0.25, 0.3) is 5.88 Å². The largest absolute Gasteiger partial charge is 0.491 e. The van der Waals surface area contributed by atoms with Crippen LogP contribution in [0.3, 0.4) is 0 Å². The zero-order valence-electron chi connectivity index (χ0n) is 12.4. The van der Waals surface area contributed by atoms with E-state index in [9.17, 15) is 5.11 Å². The summed E-state index contributed by atoms with van der Waals surface area (Å²) >= 11 is 0. The molecule has 1 aromatic carbocycles. The van der Waals surface area contributed by atoms with Crippen molar-refractivity contribution in [2.45, 2.75) is 24.9 Å². The first-order valence-corrected chi connectivity index (χ1v) is 7.61. The van der Waals surface area contributed by atoms with Crippen molar-refractivity contribution in [3.63, 3.8) is 0 Å². The highest BCUT2D eigenvalue weighted by Crippen LogP contribution is 2.38. The summed E-state index contributed by atoms with van der Waals surface area (Å²) in [5, 5.41) is 12.6. The Bertz CT molecular complexity index is 778. The number of pyridine rings is 1. The van der Waals surface area contributed by atoms with E-state index in [0.717, 1.165) is 18.4 Å².